The first-order chi connectivity index (χ1) is 23.5. The molecular formula is C34H43N7O9. The largest absolute Gasteiger partial charge is 0.450 e. The van der Waals surface area contributed by atoms with Gasteiger partial charge in [0.05, 0.1) is 10.8 Å². The number of primary amides is 1. The van der Waals surface area contributed by atoms with E-state index in [1.165, 1.54) is 37.3 Å². The van der Waals surface area contributed by atoms with Crippen LogP contribution < -0.4 is 37.1 Å². The first kappa shape index (κ1) is 37.3. The highest BCUT2D eigenvalue weighted by Gasteiger charge is 2.38. The van der Waals surface area contributed by atoms with Crippen molar-refractivity contribution in [3.05, 3.63) is 57.6 Å². The Morgan fingerprint density at radius 2 is 1.72 bits per heavy atom. The molecule has 50 heavy (non-hydrogen) atoms. The average Bonchev–Trinajstić information content (AvgIpc) is 3.32. The highest BCUT2D eigenvalue weighted by atomic mass is 16.6. The zero-order valence-corrected chi connectivity index (χ0v) is 28.5. The molecule has 16 nitrogen and oxygen atoms in total. The molecule has 2 aliphatic rings. The van der Waals surface area contributed by atoms with E-state index in [9.17, 15) is 38.9 Å². The number of ether oxygens (including phenoxy) is 1. The van der Waals surface area contributed by atoms with Crippen molar-refractivity contribution >= 4 is 46.8 Å². The topological polar surface area (TPSA) is 241 Å². The van der Waals surface area contributed by atoms with Gasteiger partial charge in [0.25, 0.3) is 0 Å². The van der Waals surface area contributed by atoms with Gasteiger partial charge in [0.2, 0.25) is 41.2 Å². The number of anilines is 1. The number of nitrogens with two attached hydrogens (primary N) is 1. The fraction of sp³-hybridized carbons (Fsp3) is 0.471. The molecule has 0 saturated heterocycles. The molecule has 2 aromatic carbocycles. The third-order valence-corrected chi connectivity index (χ3v) is 8.37. The number of nitrogens with zero attached hydrogens (tertiary/aromatic N) is 1. The van der Waals surface area contributed by atoms with E-state index in [4.69, 9.17) is 10.5 Å². The molecule has 0 aromatic heterocycles. The second-order valence-corrected chi connectivity index (χ2v) is 13.5. The summed E-state index contributed by atoms with van der Waals surface area (Å²) in [5, 5.41) is 25.3. The van der Waals surface area contributed by atoms with Gasteiger partial charge in [-0.2, -0.15) is 0 Å². The summed E-state index contributed by atoms with van der Waals surface area (Å²) in [5.41, 5.74) is 6.45. The molecule has 0 aliphatic carbocycles. The van der Waals surface area contributed by atoms with E-state index >= 15 is 0 Å². The van der Waals surface area contributed by atoms with Gasteiger partial charge in [0, 0.05) is 25.1 Å². The summed E-state index contributed by atoms with van der Waals surface area (Å²) in [7, 11) is 0. The molecule has 2 heterocycles. The quantitative estimate of drug-likeness (QED) is 0.166. The summed E-state index contributed by atoms with van der Waals surface area (Å²) in [6.07, 6.45) is -0.0183. The van der Waals surface area contributed by atoms with Crippen LogP contribution in [0.2, 0.25) is 0 Å². The van der Waals surface area contributed by atoms with Gasteiger partial charge in [-0.1, -0.05) is 33.8 Å². The van der Waals surface area contributed by atoms with Crippen LogP contribution in [-0.2, 0) is 35.2 Å². The van der Waals surface area contributed by atoms with Gasteiger partial charge in [0.1, 0.15) is 29.9 Å². The fourth-order valence-corrected chi connectivity index (χ4v) is 6.04. The molecule has 0 saturated carbocycles. The first-order valence-corrected chi connectivity index (χ1v) is 16.4. The summed E-state index contributed by atoms with van der Waals surface area (Å²) in [5.74, 6) is -5.16. The number of carbonyl (C=O) groups is 6. The second-order valence-electron chi connectivity index (χ2n) is 13.5. The van der Waals surface area contributed by atoms with Gasteiger partial charge >= 0.3 is 5.69 Å². The molecule has 5 atom stereocenters. The highest BCUT2D eigenvalue weighted by molar-refractivity contribution is 6.04. The molecule has 0 fully saturated rings. The number of carbonyl (C=O) groups excluding carboxylic acids is 6. The molecule has 7 N–H and O–H groups in total. The van der Waals surface area contributed by atoms with Crippen LogP contribution in [0, 0.1) is 22.0 Å². The van der Waals surface area contributed by atoms with Crippen LogP contribution in [0.1, 0.15) is 70.9 Å². The lowest BCUT2D eigenvalue weighted by Crippen LogP contribution is -2.58. The maximum absolute atomic E-state index is 13.9. The van der Waals surface area contributed by atoms with E-state index in [-0.39, 0.29) is 54.7 Å². The van der Waals surface area contributed by atoms with Crippen molar-refractivity contribution in [3.8, 4) is 11.5 Å². The van der Waals surface area contributed by atoms with Crippen LogP contribution in [0.4, 0.5) is 11.4 Å². The van der Waals surface area contributed by atoms with E-state index < -0.39 is 70.5 Å². The maximum Gasteiger partial charge on any atom is 0.311 e. The zero-order valence-electron chi connectivity index (χ0n) is 28.5. The van der Waals surface area contributed by atoms with Crippen LogP contribution in [0.25, 0.3) is 0 Å². The monoisotopic (exact) mass is 693 g/mol. The Morgan fingerprint density at radius 1 is 1.00 bits per heavy atom. The Hall–Kier alpha value is -5.54. The van der Waals surface area contributed by atoms with Crippen molar-refractivity contribution in [2.75, 3.05) is 5.32 Å². The molecular weight excluding hydrogens is 650 g/mol. The molecule has 4 rings (SSSR count). The number of benzene rings is 2. The molecule has 16 heteroatoms. The number of rotatable bonds is 9. The van der Waals surface area contributed by atoms with Crippen LogP contribution in [0.15, 0.2) is 36.4 Å². The lowest BCUT2D eigenvalue weighted by molar-refractivity contribution is -0.385. The fourth-order valence-electron chi connectivity index (χ4n) is 6.04. The van der Waals surface area contributed by atoms with Crippen LogP contribution in [-0.4, -0.2) is 64.5 Å². The lowest BCUT2D eigenvalue weighted by atomic mass is 9.92. The average molecular weight is 694 g/mol. The predicted molar refractivity (Wildman–Crippen MR) is 181 cm³/mol. The molecule has 4 bridgehead atoms. The normalized spacial score (nSPS) is 21.2. The summed E-state index contributed by atoms with van der Waals surface area (Å²) >= 11 is 0. The SMILES string of the molecule is CC(=O)N[C@H]1Cc2ccc([N+](=O)[O-])c(c2)Oc2ccc3c(c2)C(C[C@@H](C(=O)N[C@@H](CC(C)C)C(N)=O)NC(=O)[C@H](CC(C)C)NC1=O)C(=O)N3. The Morgan fingerprint density at radius 3 is 2.34 bits per heavy atom. The van der Waals surface area contributed by atoms with E-state index in [0.717, 1.165) is 0 Å². The number of amides is 6. The molecule has 2 aromatic rings. The van der Waals surface area contributed by atoms with Crippen molar-refractivity contribution in [3.63, 3.8) is 0 Å². The molecule has 1 unspecified atom stereocenters. The van der Waals surface area contributed by atoms with Gasteiger partial charge in [-0.15, -0.1) is 0 Å². The van der Waals surface area contributed by atoms with Crippen LogP contribution in [0.3, 0.4) is 0 Å². The molecule has 2 aliphatic heterocycles. The van der Waals surface area contributed by atoms with Crippen molar-refractivity contribution in [2.45, 2.75) is 90.4 Å². The molecule has 0 spiro atoms. The number of nitro benzene ring substituents is 1. The maximum atomic E-state index is 13.9. The summed E-state index contributed by atoms with van der Waals surface area (Å²) in [4.78, 5) is 90.5. The predicted octanol–water partition coefficient (Wildman–Crippen LogP) is 1.91. The number of nitro groups is 1. The van der Waals surface area contributed by atoms with Crippen molar-refractivity contribution < 1.29 is 38.4 Å². The van der Waals surface area contributed by atoms with Gasteiger partial charge in [-0.25, -0.2) is 0 Å². The van der Waals surface area contributed by atoms with E-state index in [2.05, 4.69) is 26.6 Å². The minimum atomic E-state index is -1.38. The van der Waals surface area contributed by atoms with Crippen molar-refractivity contribution in [2.24, 2.45) is 17.6 Å². The lowest BCUT2D eigenvalue weighted by Gasteiger charge is -2.28. The zero-order chi connectivity index (χ0) is 36.9. The van der Waals surface area contributed by atoms with Gasteiger partial charge < -0.3 is 37.1 Å². The Balaban J connectivity index is 1.84. The van der Waals surface area contributed by atoms with Crippen molar-refractivity contribution in [1.29, 1.82) is 0 Å². The van der Waals surface area contributed by atoms with Gasteiger partial charge in [0.15, 0.2) is 0 Å². The van der Waals surface area contributed by atoms with E-state index in [1.54, 1.807) is 6.07 Å². The Kier molecular flexibility index (Phi) is 11.8. The number of nitrogens with one attached hydrogen (secondary N) is 5. The minimum absolute atomic E-state index is 0.0207. The number of hydrogen-bond acceptors (Lipinski definition) is 9. The Bertz CT molecular complexity index is 1690. The van der Waals surface area contributed by atoms with Gasteiger partial charge in [-0.3, -0.25) is 38.9 Å². The minimum Gasteiger partial charge on any atom is -0.450 e. The third kappa shape index (κ3) is 9.33. The van der Waals surface area contributed by atoms with Gasteiger partial charge in [-0.05, 0) is 66.5 Å². The number of hydrogen-bond donors (Lipinski definition) is 6. The summed E-state index contributed by atoms with van der Waals surface area (Å²) in [6.45, 7) is 8.57. The Labute approximate surface area is 288 Å². The van der Waals surface area contributed by atoms with Crippen LogP contribution in [0.5, 0.6) is 11.5 Å². The standard InChI is InChI=1S/C34H43N7O9/c1-16(2)10-24(30(35)43)38-34(47)27-15-22-21-14-20(7-8-23(21)37-31(22)44)50-29-13-19(6-9-28(29)41(48)49)12-26(36-18(5)42)33(46)39-25(11-17(3)4)32(45)40-27/h6-9,13-14,16-17,22,24-27H,10-12,15H2,1-5H3,(H2,35,43)(H,36,42)(H,37,44)(H,38,47)(H,39,46)(H,40,45)/t22?,24-,25-,26-,27-/m0/s1. The van der Waals surface area contributed by atoms with Crippen molar-refractivity contribution in [1.82, 2.24) is 21.3 Å². The van der Waals surface area contributed by atoms with E-state index in [0.29, 0.717) is 16.8 Å². The highest BCUT2D eigenvalue weighted by Crippen LogP contribution is 2.40. The molecule has 0 radical (unpaired) electrons. The third-order valence-electron chi connectivity index (χ3n) is 8.37. The van der Waals surface area contributed by atoms with Crippen LogP contribution >= 0.6 is 0 Å². The summed E-state index contributed by atoms with van der Waals surface area (Å²) in [6, 6.07) is 3.79. The molecule has 6 amide bonds. The summed E-state index contributed by atoms with van der Waals surface area (Å²) < 4.78 is 5.99. The smallest absolute Gasteiger partial charge is 0.311 e. The number of fused-ring (bicyclic) bond motifs is 3. The second kappa shape index (κ2) is 15.8. The van der Waals surface area contributed by atoms with E-state index in [1.807, 2.05) is 27.7 Å². The molecule has 268 valence electrons. The first-order valence-electron chi connectivity index (χ1n) is 16.4.